The Morgan fingerprint density at radius 3 is 2.88 bits per heavy atom. The molecule has 0 aliphatic carbocycles. The summed E-state index contributed by atoms with van der Waals surface area (Å²) in [7, 11) is 1.68. The molecule has 0 radical (unpaired) electrons. The fourth-order valence-electron chi connectivity index (χ4n) is 3.38. The van der Waals surface area contributed by atoms with Gasteiger partial charge in [0.1, 0.15) is 5.75 Å². The summed E-state index contributed by atoms with van der Waals surface area (Å²) < 4.78 is 7.08. The smallest absolute Gasteiger partial charge is 0.222 e. The highest BCUT2D eigenvalue weighted by Gasteiger charge is 2.28. The van der Waals surface area contributed by atoms with Crippen molar-refractivity contribution in [3.8, 4) is 5.75 Å². The van der Waals surface area contributed by atoms with Crippen LogP contribution in [-0.2, 0) is 17.8 Å². The number of rotatable bonds is 7. The summed E-state index contributed by atoms with van der Waals surface area (Å²) in [6.07, 6.45) is 8.27. The van der Waals surface area contributed by atoms with Gasteiger partial charge < -0.3 is 9.64 Å². The van der Waals surface area contributed by atoms with Gasteiger partial charge in [-0.15, -0.1) is 0 Å². The topological polar surface area (TPSA) is 47.4 Å². The van der Waals surface area contributed by atoms with Gasteiger partial charge in [0.05, 0.1) is 7.11 Å². The second-order valence-electron chi connectivity index (χ2n) is 6.31. The highest BCUT2D eigenvalue weighted by atomic mass is 16.5. The molecular weight excluding hydrogens is 302 g/mol. The van der Waals surface area contributed by atoms with E-state index in [0.29, 0.717) is 12.5 Å². The standard InChI is InChI=1S/C19H25N3O2/c1-24-18-9-7-16(8-10-18)15-17-5-2-14-22(17)19(23)6-3-12-21-13-4-11-20-21/h4,7-11,13,17H,2-3,5-6,12,14-15H2,1H3/t17-/m1/s1. The highest BCUT2D eigenvalue weighted by Crippen LogP contribution is 2.23. The van der Waals surface area contributed by atoms with Crippen molar-refractivity contribution in [2.24, 2.45) is 0 Å². The third-order valence-corrected chi connectivity index (χ3v) is 4.66. The van der Waals surface area contributed by atoms with Gasteiger partial charge in [0.25, 0.3) is 0 Å². The van der Waals surface area contributed by atoms with Crippen molar-refractivity contribution in [2.75, 3.05) is 13.7 Å². The van der Waals surface area contributed by atoms with Crippen LogP contribution in [0.25, 0.3) is 0 Å². The van der Waals surface area contributed by atoms with Crippen LogP contribution in [0.5, 0.6) is 5.75 Å². The number of carbonyl (C=O) groups excluding carboxylic acids is 1. The van der Waals surface area contributed by atoms with E-state index in [4.69, 9.17) is 4.74 Å². The number of aromatic nitrogens is 2. The second-order valence-corrected chi connectivity index (χ2v) is 6.31. The maximum atomic E-state index is 12.6. The number of benzene rings is 1. The zero-order valence-corrected chi connectivity index (χ0v) is 14.2. The molecule has 0 spiro atoms. The van der Waals surface area contributed by atoms with Gasteiger partial charge in [-0.05, 0) is 49.4 Å². The molecule has 128 valence electrons. The number of hydrogen-bond donors (Lipinski definition) is 0. The summed E-state index contributed by atoms with van der Waals surface area (Å²) in [5.41, 5.74) is 1.26. The van der Waals surface area contributed by atoms with Gasteiger partial charge >= 0.3 is 0 Å². The van der Waals surface area contributed by atoms with Gasteiger partial charge in [0.15, 0.2) is 0 Å². The lowest BCUT2D eigenvalue weighted by molar-refractivity contribution is -0.132. The first kappa shape index (κ1) is 16.6. The lowest BCUT2D eigenvalue weighted by atomic mass is 10.0. The molecule has 0 N–H and O–H groups in total. The molecule has 1 aromatic carbocycles. The number of hydrogen-bond acceptors (Lipinski definition) is 3. The van der Waals surface area contributed by atoms with Crippen LogP contribution in [0.15, 0.2) is 42.7 Å². The first-order valence-corrected chi connectivity index (χ1v) is 8.66. The van der Waals surface area contributed by atoms with Crippen LogP contribution in [0.4, 0.5) is 0 Å². The molecule has 0 saturated carbocycles. The summed E-state index contributed by atoms with van der Waals surface area (Å²) in [4.78, 5) is 14.6. The fraction of sp³-hybridized carbons (Fsp3) is 0.474. The molecule has 1 aliphatic rings. The number of aryl methyl sites for hydroxylation is 1. The molecule has 24 heavy (non-hydrogen) atoms. The summed E-state index contributed by atoms with van der Waals surface area (Å²) in [5.74, 6) is 1.15. The van der Waals surface area contributed by atoms with Crippen molar-refractivity contribution in [1.82, 2.24) is 14.7 Å². The van der Waals surface area contributed by atoms with E-state index >= 15 is 0 Å². The van der Waals surface area contributed by atoms with Crippen LogP contribution in [0.2, 0.25) is 0 Å². The second kappa shape index (κ2) is 7.99. The molecule has 1 amide bonds. The number of methoxy groups -OCH3 is 1. The van der Waals surface area contributed by atoms with E-state index in [9.17, 15) is 4.79 Å². The zero-order chi connectivity index (χ0) is 16.8. The van der Waals surface area contributed by atoms with Crippen LogP contribution in [0.3, 0.4) is 0 Å². The molecule has 2 aromatic rings. The Balaban J connectivity index is 1.51. The monoisotopic (exact) mass is 327 g/mol. The van der Waals surface area contributed by atoms with Crippen molar-refractivity contribution in [2.45, 2.75) is 44.7 Å². The predicted molar refractivity (Wildman–Crippen MR) is 92.9 cm³/mol. The van der Waals surface area contributed by atoms with Gasteiger partial charge in [-0.1, -0.05) is 12.1 Å². The molecule has 0 bridgehead atoms. The van der Waals surface area contributed by atoms with Crippen molar-refractivity contribution in [3.05, 3.63) is 48.3 Å². The van der Waals surface area contributed by atoms with Crippen molar-refractivity contribution in [3.63, 3.8) is 0 Å². The Morgan fingerprint density at radius 2 is 2.17 bits per heavy atom. The summed E-state index contributed by atoms with van der Waals surface area (Å²) >= 11 is 0. The minimum atomic E-state index is 0.276. The van der Waals surface area contributed by atoms with E-state index in [0.717, 1.165) is 44.5 Å². The molecule has 1 fully saturated rings. The lowest BCUT2D eigenvalue weighted by Gasteiger charge is -2.25. The van der Waals surface area contributed by atoms with Crippen molar-refractivity contribution >= 4 is 5.91 Å². The van der Waals surface area contributed by atoms with Crippen LogP contribution in [-0.4, -0.2) is 40.3 Å². The number of amides is 1. The Kier molecular flexibility index (Phi) is 5.51. The van der Waals surface area contributed by atoms with Crippen LogP contribution < -0.4 is 4.74 Å². The first-order valence-electron chi connectivity index (χ1n) is 8.66. The largest absolute Gasteiger partial charge is 0.497 e. The number of carbonyl (C=O) groups is 1. The van der Waals surface area contributed by atoms with Crippen LogP contribution in [0.1, 0.15) is 31.2 Å². The van der Waals surface area contributed by atoms with Gasteiger partial charge in [-0.25, -0.2) is 0 Å². The lowest BCUT2D eigenvalue weighted by Crippen LogP contribution is -2.36. The Labute approximate surface area is 143 Å². The van der Waals surface area contributed by atoms with Gasteiger partial charge in [0, 0.05) is 37.9 Å². The molecule has 0 unspecified atom stereocenters. The van der Waals surface area contributed by atoms with E-state index in [2.05, 4.69) is 22.1 Å². The molecule has 1 saturated heterocycles. The first-order chi connectivity index (χ1) is 11.8. The van der Waals surface area contributed by atoms with Gasteiger partial charge in [-0.3, -0.25) is 9.48 Å². The van der Waals surface area contributed by atoms with E-state index in [1.54, 1.807) is 13.3 Å². The normalized spacial score (nSPS) is 17.2. The summed E-state index contributed by atoms with van der Waals surface area (Å²) in [6, 6.07) is 10.4. The van der Waals surface area contributed by atoms with Crippen LogP contribution in [0, 0.1) is 0 Å². The quantitative estimate of drug-likeness (QED) is 0.785. The number of likely N-dealkylation sites (tertiary alicyclic amines) is 1. The SMILES string of the molecule is COc1ccc(C[C@H]2CCCN2C(=O)CCCn2cccn2)cc1. The third-order valence-electron chi connectivity index (χ3n) is 4.66. The van der Waals surface area contributed by atoms with E-state index in [-0.39, 0.29) is 5.91 Å². The maximum Gasteiger partial charge on any atom is 0.222 e. The average Bonchev–Trinajstić information content (AvgIpc) is 3.27. The Morgan fingerprint density at radius 1 is 1.33 bits per heavy atom. The van der Waals surface area contributed by atoms with E-state index < -0.39 is 0 Å². The average molecular weight is 327 g/mol. The molecule has 2 heterocycles. The molecule has 5 nitrogen and oxygen atoms in total. The Hall–Kier alpha value is -2.30. The van der Waals surface area contributed by atoms with Crippen molar-refractivity contribution < 1.29 is 9.53 Å². The molecular formula is C19H25N3O2. The number of nitrogens with zero attached hydrogens (tertiary/aromatic N) is 3. The number of ether oxygens (including phenoxy) is 1. The van der Waals surface area contributed by atoms with E-state index in [1.165, 1.54) is 5.56 Å². The summed E-state index contributed by atoms with van der Waals surface area (Å²) in [6.45, 7) is 1.69. The molecule has 3 rings (SSSR count). The predicted octanol–water partition coefficient (Wildman–Crippen LogP) is 2.91. The minimum Gasteiger partial charge on any atom is -0.497 e. The van der Waals surface area contributed by atoms with Gasteiger partial charge in [-0.2, -0.15) is 5.10 Å². The molecule has 1 aliphatic heterocycles. The zero-order valence-electron chi connectivity index (χ0n) is 14.2. The minimum absolute atomic E-state index is 0.276. The maximum absolute atomic E-state index is 12.6. The van der Waals surface area contributed by atoms with Crippen molar-refractivity contribution in [1.29, 1.82) is 0 Å². The van der Waals surface area contributed by atoms with E-state index in [1.807, 2.05) is 29.1 Å². The van der Waals surface area contributed by atoms with Gasteiger partial charge in [0.2, 0.25) is 5.91 Å². The molecule has 1 aromatic heterocycles. The van der Waals surface area contributed by atoms with Crippen LogP contribution >= 0.6 is 0 Å². The molecule has 1 atom stereocenters. The highest BCUT2D eigenvalue weighted by molar-refractivity contribution is 5.76. The third kappa shape index (κ3) is 4.16. The summed E-state index contributed by atoms with van der Waals surface area (Å²) in [5, 5.41) is 4.18. The molecule has 5 heteroatoms. The Bertz CT molecular complexity index is 637. The fourth-order valence-corrected chi connectivity index (χ4v) is 3.38.